The summed E-state index contributed by atoms with van der Waals surface area (Å²) in [5, 5.41) is 0. The zero-order valence-corrected chi connectivity index (χ0v) is 42.8. The first-order valence-electron chi connectivity index (χ1n) is 27.8. The molecule has 0 aromatic carbocycles. The van der Waals surface area contributed by atoms with E-state index in [2.05, 4.69) is 81.5 Å². The van der Waals surface area contributed by atoms with Crippen LogP contribution in [0.4, 0.5) is 0 Å². The van der Waals surface area contributed by atoms with Crippen molar-refractivity contribution >= 4 is 11.9 Å². The first-order valence-corrected chi connectivity index (χ1v) is 27.8. The molecule has 0 aromatic rings. The largest absolute Gasteiger partial charge is 0.462 e. The fraction of sp³-hybridized carbons (Fsp3) is 0.797. The summed E-state index contributed by atoms with van der Waals surface area (Å²) in [7, 11) is 0. The van der Waals surface area contributed by atoms with Gasteiger partial charge in [0, 0.05) is 19.4 Å². The fourth-order valence-corrected chi connectivity index (χ4v) is 7.95. The number of carbonyl (C=O) groups is 2. The van der Waals surface area contributed by atoms with Gasteiger partial charge in [-0.2, -0.15) is 0 Å². The minimum Gasteiger partial charge on any atom is -0.462 e. The smallest absolute Gasteiger partial charge is 0.306 e. The standard InChI is InChI=1S/C59H106O5/c1-4-7-10-13-16-19-22-24-26-28-29-30-32-34-36-39-42-45-48-51-54-62-55-57(64-59(61)53-50-47-44-41-37-21-18-15-12-9-6-3)56-63-58(60)52-49-46-43-40-38-35-33-31-27-25-23-20-17-14-11-8-5-2/h7,10,16,19,24,26,29-30,34,36,57H,4-6,8-9,11-15,17-18,20-23,25,27-28,31-33,35,37-56H2,1-3H3/b10-7-,19-16-,26-24-,30-29-,36-34-. The molecule has 5 nitrogen and oxygen atoms in total. The van der Waals surface area contributed by atoms with E-state index in [1.54, 1.807) is 0 Å². The maximum Gasteiger partial charge on any atom is 0.306 e. The predicted octanol–water partition coefficient (Wildman–Crippen LogP) is 18.9. The molecule has 5 heteroatoms. The molecule has 0 aliphatic rings. The maximum atomic E-state index is 12.8. The molecule has 1 atom stereocenters. The van der Waals surface area contributed by atoms with Gasteiger partial charge < -0.3 is 14.2 Å². The quantitative estimate of drug-likeness (QED) is 0.0346. The molecule has 0 spiro atoms. The lowest BCUT2D eigenvalue weighted by atomic mass is 10.0. The first-order chi connectivity index (χ1) is 31.6. The molecule has 0 aliphatic carbocycles. The molecule has 0 rings (SSSR count). The monoisotopic (exact) mass is 895 g/mol. The molecule has 1 unspecified atom stereocenters. The van der Waals surface area contributed by atoms with Crippen LogP contribution in [0.25, 0.3) is 0 Å². The SMILES string of the molecule is CC/C=C\C/C=C\C/C=C\C/C=C\C/C=C\CCCCCCOCC(COC(=O)CCCCCCCCCCCCCCCCCCC)OC(=O)CCCCCCCCCCCCC. The summed E-state index contributed by atoms with van der Waals surface area (Å²) in [4.78, 5) is 25.4. The summed E-state index contributed by atoms with van der Waals surface area (Å²) in [5.74, 6) is -0.399. The Kier molecular flexibility index (Phi) is 52.9. The Hall–Kier alpha value is -2.40. The molecule has 0 amide bonds. The zero-order valence-electron chi connectivity index (χ0n) is 42.8. The van der Waals surface area contributed by atoms with Gasteiger partial charge in [-0.05, 0) is 64.2 Å². The van der Waals surface area contributed by atoms with Crippen LogP contribution in [0.2, 0.25) is 0 Å². The van der Waals surface area contributed by atoms with Gasteiger partial charge in [0.25, 0.3) is 0 Å². The van der Waals surface area contributed by atoms with Crippen molar-refractivity contribution in [1.29, 1.82) is 0 Å². The van der Waals surface area contributed by atoms with Crippen LogP contribution in [0.3, 0.4) is 0 Å². The van der Waals surface area contributed by atoms with E-state index in [9.17, 15) is 9.59 Å². The van der Waals surface area contributed by atoms with Crippen molar-refractivity contribution in [3.63, 3.8) is 0 Å². The number of allylic oxidation sites excluding steroid dienone is 10. The molecular formula is C59H106O5. The second kappa shape index (κ2) is 54.9. The van der Waals surface area contributed by atoms with Crippen LogP contribution < -0.4 is 0 Å². The molecule has 372 valence electrons. The summed E-state index contributed by atoms with van der Waals surface area (Å²) in [6.45, 7) is 7.69. The van der Waals surface area contributed by atoms with Crippen molar-refractivity contribution in [2.24, 2.45) is 0 Å². The molecule has 64 heavy (non-hydrogen) atoms. The fourth-order valence-electron chi connectivity index (χ4n) is 7.95. The van der Waals surface area contributed by atoms with E-state index in [1.807, 2.05) is 0 Å². The Bertz CT molecular complexity index is 1100. The van der Waals surface area contributed by atoms with Gasteiger partial charge in [-0.15, -0.1) is 0 Å². The summed E-state index contributed by atoms with van der Waals surface area (Å²) < 4.78 is 17.4. The Morgan fingerprint density at radius 3 is 1.12 bits per heavy atom. The van der Waals surface area contributed by atoms with Crippen LogP contribution in [0.15, 0.2) is 60.8 Å². The molecule has 0 heterocycles. The summed E-state index contributed by atoms with van der Waals surface area (Å²) in [6.07, 6.45) is 69.5. The molecule has 0 N–H and O–H groups in total. The molecule has 0 aliphatic heterocycles. The van der Waals surface area contributed by atoms with Gasteiger partial charge in [-0.25, -0.2) is 0 Å². The van der Waals surface area contributed by atoms with Crippen LogP contribution in [0, 0.1) is 0 Å². The van der Waals surface area contributed by atoms with Gasteiger partial charge in [0.15, 0.2) is 6.10 Å². The van der Waals surface area contributed by atoms with Crippen LogP contribution >= 0.6 is 0 Å². The molecular weight excluding hydrogens is 789 g/mol. The second-order valence-corrected chi connectivity index (χ2v) is 18.5. The van der Waals surface area contributed by atoms with Crippen LogP contribution in [-0.2, 0) is 23.8 Å². The molecule has 0 saturated carbocycles. The molecule has 0 aromatic heterocycles. The van der Waals surface area contributed by atoms with Gasteiger partial charge in [-0.3, -0.25) is 9.59 Å². The van der Waals surface area contributed by atoms with Gasteiger partial charge in [0.2, 0.25) is 0 Å². The number of esters is 2. The predicted molar refractivity (Wildman–Crippen MR) is 279 cm³/mol. The first kappa shape index (κ1) is 61.6. The Morgan fingerprint density at radius 1 is 0.359 bits per heavy atom. The lowest BCUT2D eigenvalue weighted by Gasteiger charge is -2.18. The van der Waals surface area contributed by atoms with Gasteiger partial charge in [-0.1, -0.05) is 261 Å². The summed E-state index contributed by atoms with van der Waals surface area (Å²) in [5.41, 5.74) is 0. The highest BCUT2D eigenvalue weighted by molar-refractivity contribution is 5.70. The molecule has 0 radical (unpaired) electrons. The van der Waals surface area contributed by atoms with E-state index in [0.29, 0.717) is 19.4 Å². The van der Waals surface area contributed by atoms with Crippen LogP contribution in [-0.4, -0.2) is 37.9 Å². The Labute approximate surface area is 398 Å². The highest BCUT2D eigenvalue weighted by atomic mass is 16.6. The van der Waals surface area contributed by atoms with Crippen molar-refractivity contribution in [3.05, 3.63) is 60.8 Å². The van der Waals surface area contributed by atoms with Gasteiger partial charge in [0.05, 0.1) is 6.61 Å². The number of rotatable bonds is 51. The number of carbonyl (C=O) groups excluding carboxylic acids is 2. The second-order valence-electron chi connectivity index (χ2n) is 18.5. The number of hydrogen-bond donors (Lipinski definition) is 0. The third kappa shape index (κ3) is 52.2. The lowest BCUT2D eigenvalue weighted by molar-refractivity contribution is -0.163. The summed E-state index contributed by atoms with van der Waals surface area (Å²) in [6, 6.07) is 0. The van der Waals surface area contributed by atoms with E-state index in [1.165, 1.54) is 167 Å². The number of hydrogen-bond acceptors (Lipinski definition) is 5. The minimum absolute atomic E-state index is 0.0784. The minimum atomic E-state index is -0.546. The van der Waals surface area contributed by atoms with Gasteiger partial charge >= 0.3 is 11.9 Å². The van der Waals surface area contributed by atoms with Crippen molar-refractivity contribution in [2.75, 3.05) is 19.8 Å². The number of unbranched alkanes of at least 4 members (excludes halogenated alkanes) is 30. The lowest BCUT2D eigenvalue weighted by Crippen LogP contribution is -2.30. The molecule has 0 bridgehead atoms. The zero-order chi connectivity index (χ0) is 46.3. The molecule has 0 saturated heterocycles. The highest BCUT2D eigenvalue weighted by Crippen LogP contribution is 2.16. The highest BCUT2D eigenvalue weighted by Gasteiger charge is 2.17. The van der Waals surface area contributed by atoms with E-state index < -0.39 is 6.10 Å². The maximum absolute atomic E-state index is 12.8. The third-order valence-electron chi connectivity index (χ3n) is 12.1. The number of ether oxygens (including phenoxy) is 3. The average molecular weight is 895 g/mol. The normalized spacial score (nSPS) is 12.6. The topological polar surface area (TPSA) is 61.8 Å². The van der Waals surface area contributed by atoms with Crippen LogP contribution in [0.5, 0.6) is 0 Å². The van der Waals surface area contributed by atoms with Crippen molar-refractivity contribution < 1.29 is 23.8 Å². The van der Waals surface area contributed by atoms with E-state index in [0.717, 1.165) is 77.0 Å². The Balaban J connectivity index is 4.25. The van der Waals surface area contributed by atoms with E-state index in [4.69, 9.17) is 14.2 Å². The Morgan fingerprint density at radius 2 is 0.703 bits per heavy atom. The average Bonchev–Trinajstić information content (AvgIpc) is 3.30. The van der Waals surface area contributed by atoms with E-state index in [-0.39, 0.29) is 25.2 Å². The van der Waals surface area contributed by atoms with E-state index >= 15 is 0 Å². The molecule has 0 fully saturated rings. The third-order valence-corrected chi connectivity index (χ3v) is 12.1. The van der Waals surface area contributed by atoms with Crippen molar-refractivity contribution in [2.45, 2.75) is 284 Å². The van der Waals surface area contributed by atoms with Gasteiger partial charge in [0.1, 0.15) is 6.61 Å². The van der Waals surface area contributed by atoms with Crippen molar-refractivity contribution in [1.82, 2.24) is 0 Å². The summed E-state index contributed by atoms with van der Waals surface area (Å²) >= 11 is 0. The van der Waals surface area contributed by atoms with Crippen LogP contribution in [0.1, 0.15) is 278 Å². The van der Waals surface area contributed by atoms with Crippen molar-refractivity contribution in [3.8, 4) is 0 Å².